The van der Waals surface area contributed by atoms with Crippen molar-refractivity contribution in [1.82, 2.24) is 10.2 Å². The van der Waals surface area contributed by atoms with Gasteiger partial charge in [-0.2, -0.15) is 0 Å². The smallest absolute Gasteiger partial charge is 0.317 e. The molecule has 1 saturated heterocycles. The summed E-state index contributed by atoms with van der Waals surface area (Å²) in [7, 11) is 0. The van der Waals surface area contributed by atoms with Gasteiger partial charge in [0.05, 0.1) is 5.41 Å². The van der Waals surface area contributed by atoms with Crippen LogP contribution in [0, 0.1) is 11.3 Å². The number of likely N-dealkylation sites (tertiary alicyclic amines) is 1. The van der Waals surface area contributed by atoms with E-state index in [1.54, 1.807) is 4.90 Å². The molecule has 2 N–H and O–H groups in total. The van der Waals surface area contributed by atoms with Crippen LogP contribution < -0.4 is 5.32 Å². The fraction of sp³-hybridized carbons (Fsp3) is 0.857. The number of carbonyl (C=O) groups is 2. The largest absolute Gasteiger partial charge is 0.481 e. The van der Waals surface area contributed by atoms with Gasteiger partial charge in [-0.25, -0.2) is 4.79 Å². The Balaban J connectivity index is 2.59. The number of carboxylic acids is 1. The van der Waals surface area contributed by atoms with Crippen LogP contribution in [0.25, 0.3) is 0 Å². The van der Waals surface area contributed by atoms with Crippen molar-refractivity contribution in [2.24, 2.45) is 11.3 Å². The van der Waals surface area contributed by atoms with Crippen molar-refractivity contribution in [2.45, 2.75) is 53.0 Å². The minimum absolute atomic E-state index is 0.110. The molecule has 2 amide bonds. The van der Waals surface area contributed by atoms with E-state index < -0.39 is 11.4 Å². The molecule has 0 radical (unpaired) electrons. The van der Waals surface area contributed by atoms with Gasteiger partial charge in [0.1, 0.15) is 0 Å². The Morgan fingerprint density at radius 1 is 1.37 bits per heavy atom. The van der Waals surface area contributed by atoms with Crippen LogP contribution in [0.4, 0.5) is 4.79 Å². The first kappa shape index (κ1) is 15.8. The molecule has 3 atom stereocenters. The van der Waals surface area contributed by atoms with Gasteiger partial charge in [-0.05, 0) is 25.7 Å². The lowest BCUT2D eigenvalue weighted by Crippen LogP contribution is -2.46. The van der Waals surface area contributed by atoms with Crippen molar-refractivity contribution in [3.8, 4) is 0 Å². The lowest BCUT2D eigenvalue weighted by atomic mass is 9.84. The van der Waals surface area contributed by atoms with E-state index in [0.29, 0.717) is 31.8 Å². The van der Waals surface area contributed by atoms with Crippen molar-refractivity contribution in [3.05, 3.63) is 0 Å². The molecular weight excluding hydrogens is 244 g/mol. The highest BCUT2D eigenvalue weighted by atomic mass is 16.4. The van der Waals surface area contributed by atoms with Crippen LogP contribution in [0.3, 0.4) is 0 Å². The average molecular weight is 270 g/mol. The molecule has 0 aromatic rings. The SMILES string of the molecule is CCC(C)C(C)NC(=O)N1CCC(CC)(C(=O)O)C1. The number of hydrogen-bond donors (Lipinski definition) is 2. The summed E-state index contributed by atoms with van der Waals surface area (Å²) in [6, 6.07) is -0.0247. The zero-order valence-corrected chi connectivity index (χ0v) is 12.4. The lowest BCUT2D eigenvalue weighted by Gasteiger charge is -2.26. The van der Waals surface area contributed by atoms with Crippen LogP contribution >= 0.6 is 0 Å². The predicted octanol–water partition coefficient (Wildman–Crippen LogP) is 2.32. The Bertz CT molecular complexity index is 346. The molecule has 1 heterocycles. The first-order valence-electron chi connectivity index (χ1n) is 7.15. The summed E-state index contributed by atoms with van der Waals surface area (Å²) in [6.07, 6.45) is 2.12. The second kappa shape index (κ2) is 6.26. The monoisotopic (exact) mass is 270 g/mol. The number of carbonyl (C=O) groups excluding carboxylic acids is 1. The maximum atomic E-state index is 12.1. The zero-order chi connectivity index (χ0) is 14.6. The zero-order valence-electron chi connectivity index (χ0n) is 12.4. The predicted molar refractivity (Wildman–Crippen MR) is 74.0 cm³/mol. The fourth-order valence-electron chi connectivity index (χ4n) is 2.44. The fourth-order valence-corrected chi connectivity index (χ4v) is 2.44. The number of hydrogen-bond acceptors (Lipinski definition) is 2. The summed E-state index contributed by atoms with van der Waals surface area (Å²) in [5.74, 6) is -0.373. The highest BCUT2D eigenvalue weighted by Gasteiger charge is 2.44. The Labute approximate surface area is 115 Å². The van der Waals surface area contributed by atoms with Crippen molar-refractivity contribution < 1.29 is 14.7 Å². The molecular formula is C14H26N2O3. The summed E-state index contributed by atoms with van der Waals surface area (Å²) in [5.41, 5.74) is -0.753. The maximum Gasteiger partial charge on any atom is 0.317 e. The highest BCUT2D eigenvalue weighted by molar-refractivity contribution is 5.79. The van der Waals surface area contributed by atoms with E-state index in [1.807, 2.05) is 13.8 Å². The van der Waals surface area contributed by atoms with Crippen LogP contribution in [0.2, 0.25) is 0 Å². The molecule has 110 valence electrons. The van der Waals surface area contributed by atoms with E-state index in [9.17, 15) is 14.7 Å². The minimum Gasteiger partial charge on any atom is -0.481 e. The van der Waals surface area contributed by atoms with Crippen molar-refractivity contribution in [2.75, 3.05) is 13.1 Å². The van der Waals surface area contributed by atoms with Crippen LogP contribution in [0.1, 0.15) is 47.0 Å². The van der Waals surface area contributed by atoms with Gasteiger partial charge in [0.25, 0.3) is 0 Å². The molecule has 19 heavy (non-hydrogen) atoms. The number of nitrogens with one attached hydrogen (secondary N) is 1. The Hall–Kier alpha value is -1.26. The molecule has 0 saturated carbocycles. The van der Waals surface area contributed by atoms with Gasteiger partial charge in [-0.1, -0.05) is 27.2 Å². The maximum absolute atomic E-state index is 12.1. The molecule has 1 aliphatic heterocycles. The molecule has 1 fully saturated rings. The van der Waals surface area contributed by atoms with Gasteiger partial charge < -0.3 is 15.3 Å². The first-order chi connectivity index (χ1) is 8.86. The van der Waals surface area contributed by atoms with Gasteiger partial charge in [-0.15, -0.1) is 0 Å². The Morgan fingerprint density at radius 2 is 2.00 bits per heavy atom. The van der Waals surface area contributed by atoms with E-state index in [2.05, 4.69) is 19.2 Å². The third-order valence-electron chi connectivity index (χ3n) is 4.62. The summed E-state index contributed by atoms with van der Waals surface area (Å²) in [6.45, 7) is 8.90. The van der Waals surface area contributed by atoms with E-state index in [-0.39, 0.29) is 12.1 Å². The Morgan fingerprint density at radius 3 is 2.42 bits per heavy atom. The number of aliphatic carboxylic acids is 1. The van der Waals surface area contributed by atoms with E-state index in [0.717, 1.165) is 6.42 Å². The second-order valence-corrected chi connectivity index (χ2v) is 5.73. The highest BCUT2D eigenvalue weighted by Crippen LogP contribution is 2.34. The molecule has 5 nitrogen and oxygen atoms in total. The number of carboxylic acid groups (broad SMARTS) is 1. The average Bonchev–Trinajstić information content (AvgIpc) is 2.83. The molecule has 0 bridgehead atoms. The number of amides is 2. The molecule has 1 rings (SSSR count). The minimum atomic E-state index is -0.791. The summed E-state index contributed by atoms with van der Waals surface area (Å²) < 4.78 is 0. The van der Waals surface area contributed by atoms with E-state index >= 15 is 0 Å². The first-order valence-corrected chi connectivity index (χ1v) is 7.15. The van der Waals surface area contributed by atoms with Crippen molar-refractivity contribution in [3.63, 3.8) is 0 Å². The molecule has 0 spiro atoms. The number of urea groups is 1. The van der Waals surface area contributed by atoms with E-state index in [1.165, 1.54) is 0 Å². The molecule has 5 heteroatoms. The summed E-state index contributed by atoms with van der Waals surface area (Å²) in [5, 5.41) is 12.3. The summed E-state index contributed by atoms with van der Waals surface area (Å²) in [4.78, 5) is 25.1. The normalized spacial score (nSPS) is 26.0. The van der Waals surface area contributed by atoms with Crippen LogP contribution in [0.15, 0.2) is 0 Å². The molecule has 0 aliphatic carbocycles. The molecule has 0 aromatic heterocycles. The van der Waals surface area contributed by atoms with Gasteiger partial charge >= 0.3 is 12.0 Å². The standard InChI is InChI=1S/C14H26N2O3/c1-5-10(3)11(4)15-13(19)16-8-7-14(6-2,9-16)12(17)18/h10-11H,5-9H2,1-4H3,(H,15,19)(H,17,18). The lowest BCUT2D eigenvalue weighted by molar-refractivity contribution is -0.148. The van der Waals surface area contributed by atoms with Gasteiger partial charge in [0.2, 0.25) is 0 Å². The van der Waals surface area contributed by atoms with Gasteiger partial charge in [0, 0.05) is 19.1 Å². The van der Waals surface area contributed by atoms with Crippen LogP contribution in [-0.2, 0) is 4.79 Å². The topological polar surface area (TPSA) is 69.6 Å². The number of nitrogens with zero attached hydrogens (tertiary/aromatic N) is 1. The molecule has 3 unspecified atom stereocenters. The molecule has 0 aromatic carbocycles. The van der Waals surface area contributed by atoms with Crippen LogP contribution in [0.5, 0.6) is 0 Å². The van der Waals surface area contributed by atoms with Gasteiger partial charge in [-0.3, -0.25) is 4.79 Å². The number of rotatable bonds is 5. The van der Waals surface area contributed by atoms with Crippen LogP contribution in [-0.4, -0.2) is 41.1 Å². The quantitative estimate of drug-likeness (QED) is 0.805. The Kier molecular flexibility index (Phi) is 5.20. The van der Waals surface area contributed by atoms with Crippen molar-refractivity contribution in [1.29, 1.82) is 0 Å². The van der Waals surface area contributed by atoms with E-state index in [4.69, 9.17) is 0 Å². The summed E-state index contributed by atoms with van der Waals surface area (Å²) >= 11 is 0. The third-order valence-corrected chi connectivity index (χ3v) is 4.62. The van der Waals surface area contributed by atoms with Gasteiger partial charge in [0.15, 0.2) is 0 Å². The third kappa shape index (κ3) is 3.39. The molecule has 1 aliphatic rings. The van der Waals surface area contributed by atoms with Crippen molar-refractivity contribution >= 4 is 12.0 Å². The second-order valence-electron chi connectivity index (χ2n) is 5.73.